The predicted octanol–water partition coefficient (Wildman–Crippen LogP) is 4.54. The highest BCUT2D eigenvalue weighted by Crippen LogP contribution is 2.60. The molecule has 0 spiro atoms. The van der Waals surface area contributed by atoms with Crippen LogP contribution in [0.5, 0.6) is 0 Å². The van der Waals surface area contributed by atoms with Crippen molar-refractivity contribution in [3.63, 3.8) is 0 Å². The van der Waals surface area contributed by atoms with Crippen molar-refractivity contribution in [1.29, 1.82) is 0 Å². The van der Waals surface area contributed by atoms with E-state index < -0.39 is 0 Å². The van der Waals surface area contributed by atoms with Crippen LogP contribution in [0.3, 0.4) is 0 Å². The Hall–Kier alpha value is -1.55. The molecule has 2 heterocycles. The van der Waals surface area contributed by atoms with E-state index in [1.54, 1.807) is 0 Å². The zero-order valence-corrected chi connectivity index (χ0v) is 19.2. The molecule has 2 aliphatic heterocycles. The minimum atomic E-state index is -0.0398. The molecule has 1 saturated heterocycles. The first-order valence-electron chi connectivity index (χ1n) is 13.0. The molecule has 31 heavy (non-hydrogen) atoms. The number of piperidine rings is 1. The molecule has 1 aromatic rings. The average molecular weight is 422 g/mol. The fourth-order valence-corrected chi connectivity index (χ4v) is 8.25. The number of hydrogen-bond donors (Lipinski definition) is 1. The van der Waals surface area contributed by atoms with Crippen molar-refractivity contribution >= 4 is 11.6 Å². The van der Waals surface area contributed by atoms with E-state index in [-0.39, 0.29) is 5.41 Å². The molecule has 168 valence electrons. The second-order valence-electron chi connectivity index (χ2n) is 11.6. The lowest BCUT2D eigenvalue weighted by atomic mass is 9.49. The normalized spacial score (nSPS) is 35.3. The molecule has 1 atom stereocenters. The summed E-state index contributed by atoms with van der Waals surface area (Å²) in [6.07, 6.45) is 12.7. The van der Waals surface area contributed by atoms with Crippen LogP contribution in [0.15, 0.2) is 18.2 Å². The lowest BCUT2D eigenvalue weighted by Crippen LogP contribution is -2.54. The average Bonchev–Trinajstić information content (AvgIpc) is 3.14. The molecule has 4 aliphatic carbocycles. The Morgan fingerprint density at radius 3 is 2.39 bits per heavy atom. The van der Waals surface area contributed by atoms with E-state index in [2.05, 4.69) is 40.4 Å². The monoisotopic (exact) mass is 421 g/mol. The van der Waals surface area contributed by atoms with Gasteiger partial charge < -0.3 is 10.2 Å². The van der Waals surface area contributed by atoms with Gasteiger partial charge in [0, 0.05) is 31.2 Å². The Balaban J connectivity index is 1.21. The second kappa shape index (κ2) is 7.79. The molecule has 1 aromatic carbocycles. The number of likely N-dealkylation sites (tertiary alicyclic amines) is 1. The van der Waals surface area contributed by atoms with Gasteiger partial charge in [-0.3, -0.25) is 9.69 Å². The standard InChI is InChI=1S/C27H39N3O/c1-29-10-7-23-14-22(5-6-24(23)29)25(30-8-3-2-4-9-30)18-28-26(31)27-15-19-11-20(16-27)13-21(12-19)17-27/h5-6,14,19-21,25H,2-4,7-13,15-18H2,1H3,(H,28,31)/t19?,20?,21?,25-,27?/m1/s1. The van der Waals surface area contributed by atoms with Gasteiger partial charge in [-0.15, -0.1) is 0 Å². The van der Waals surface area contributed by atoms with Crippen molar-refractivity contribution in [2.75, 3.05) is 38.1 Å². The Kier molecular flexibility index (Phi) is 5.05. The molecule has 0 radical (unpaired) electrons. The second-order valence-corrected chi connectivity index (χ2v) is 11.6. The zero-order valence-electron chi connectivity index (χ0n) is 19.2. The molecule has 0 aromatic heterocycles. The summed E-state index contributed by atoms with van der Waals surface area (Å²) in [5.74, 6) is 2.85. The van der Waals surface area contributed by atoms with E-state index in [1.165, 1.54) is 55.3 Å². The number of benzene rings is 1. The number of nitrogens with one attached hydrogen (secondary N) is 1. The smallest absolute Gasteiger partial charge is 0.226 e. The van der Waals surface area contributed by atoms with Gasteiger partial charge >= 0.3 is 0 Å². The Morgan fingerprint density at radius 1 is 1.03 bits per heavy atom. The van der Waals surface area contributed by atoms with Crippen molar-refractivity contribution in [3.05, 3.63) is 29.3 Å². The minimum Gasteiger partial charge on any atom is -0.374 e. The molecule has 1 N–H and O–H groups in total. The van der Waals surface area contributed by atoms with Gasteiger partial charge in [-0.25, -0.2) is 0 Å². The maximum absolute atomic E-state index is 13.6. The number of anilines is 1. The van der Waals surface area contributed by atoms with Crippen LogP contribution in [0, 0.1) is 23.2 Å². The highest BCUT2D eigenvalue weighted by Gasteiger charge is 2.54. The van der Waals surface area contributed by atoms with E-state index >= 15 is 0 Å². The third-order valence-corrected chi connectivity index (χ3v) is 9.42. The summed E-state index contributed by atoms with van der Waals surface area (Å²) in [6.45, 7) is 4.22. The number of rotatable bonds is 5. The number of likely N-dealkylation sites (N-methyl/N-ethyl adjacent to an activating group) is 1. The Bertz CT molecular complexity index is 808. The number of carbonyl (C=O) groups excluding carboxylic acids is 1. The third-order valence-electron chi connectivity index (χ3n) is 9.42. The van der Waals surface area contributed by atoms with Gasteiger partial charge in [0.1, 0.15) is 0 Å². The van der Waals surface area contributed by atoms with Gasteiger partial charge in [0.2, 0.25) is 5.91 Å². The Labute approximate surface area is 187 Å². The summed E-state index contributed by atoms with van der Waals surface area (Å²) >= 11 is 0. The number of hydrogen-bond acceptors (Lipinski definition) is 3. The molecule has 0 unspecified atom stereocenters. The molecule has 7 rings (SSSR count). The number of fused-ring (bicyclic) bond motifs is 1. The van der Waals surface area contributed by atoms with Crippen LogP contribution in [0.2, 0.25) is 0 Å². The first-order chi connectivity index (χ1) is 15.1. The van der Waals surface area contributed by atoms with E-state index in [0.717, 1.165) is 69.6 Å². The lowest BCUT2D eigenvalue weighted by molar-refractivity contribution is -0.146. The van der Waals surface area contributed by atoms with E-state index in [9.17, 15) is 4.79 Å². The fraction of sp³-hybridized carbons (Fsp3) is 0.741. The molecular weight excluding hydrogens is 382 g/mol. The minimum absolute atomic E-state index is 0.0398. The highest BCUT2D eigenvalue weighted by molar-refractivity contribution is 5.83. The number of carbonyl (C=O) groups is 1. The van der Waals surface area contributed by atoms with Crippen LogP contribution < -0.4 is 10.2 Å². The molecule has 4 nitrogen and oxygen atoms in total. The van der Waals surface area contributed by atoms with Crippen LogP contribution in [0.1, 0.15) is 75.0 Å². The van der Waals surface area contributed by atoms with Gasteiger partial charge in [-0.05, 0) is 106 Å². The van der Waals surface area contributed by atoms with Crippen LogP contribution in [0.4, 0.5) is 5.69 Å². The summed E-state index contributed by atoms with van der Waals surface area (Å²) in [4.78, 5) is 18.6. The van der Waals surface area contributed by atoms with Gasteiger partial charge in [0.15, 0.2) is 0 Å². The van der Waals surface area contributed by atoms with Crippen LogP contribution >= 0.6 is 0 Å². The topological polar surface area (TPSA) is 35.6 Å². The number of nitrogens with zero attached hydrogens (tertiary/aromatic N) is 2. The van der Waals surface area contributed by atoms with Crippen LogP contribution in [-0.2, 0) is 11.2 Å². The van der Waals surface area contributed by atoms with E-state index in [1.807, 2.05) is 0 Å². The molecule has 6 aliphatic rings. The molecule has 5 fully saturated rings. The first-order valence-corrected chi connectivity index (χ1v) is 13.0. The van der Waals surface area contributed by atoms with E-state index in [0.29, 0.717) is 11.9 Å². The summed E-state index contributed by atoms with van der Waals surface area (Å²) in [5, 5.41) is 3.52. The quantitative estimate of drug-likeness (QED) is 0.758. The predicted molar refractivity (Wildman–Crippen MR) is 125 cm³/mol. The summed E-state index contributed by atoms with van der Waals surface area (Å²) in [7, 11) is 2.19. The largest absolute Gasteiger partial charge is 0.374 e. The number of amides is 1. The van der Waals surface area contributed by atoms with Gasteiger partial charge in [0.05, 0.1) is 6.04 Å². The van der Waals surface area contributed by atoms with Crippen molar-refractivity contribution < 1.29 is 4.79 Å². The van der Waals surface area contributed by atoms with E-state index in [4.69, 9.17) is 0 Å². The summed E-state index contributed by atoms with van der Waals surface area (Å²) in [6, 6.07) is 7.40. The van der Waals surface area contributed by atoms with Gasteiger partial charge in [0.25, 0.3) is 0 Å². The molecular formula is C27H39N3O. The fourth-order valence-electron chi connectivity index (χ4n) is 8.25. The molecule has 1 amide bonds. The van der Waals surface area contributed by atoms with Crippen LogP contribution in [-0.4, -0.2) is 44.0 Å². The van der Waals surface area contributed by atoms with Crippen molar-refractivity contribution in [2.24, 2.45) is 23.2 Å². The van der Waals surface area contributed by atoms with Crippen molar-refractivity contribution in [2.45, 2.75) is 70.3 Å². The third kappa shape index (κ3) is 3.59. The van der Waals surface area contributed by atoms with Gasteiger partial charge in [-0.1, -0.05) is 18.6 Å². The zero-order chi connectivity index (χ0) is 21.0. The van der Waals surface area contributed by atoms with Crippen LogP contribution in [0.25, 0.3) is 0 Å². The SMILES string of the molecule is CN1CCc2cc([C@@H](CNC(=O)C34CC5CC(CC(C5)C3)C4)N3CCCCC3)ccc21. The van der Waals surface area contributed by atoms with Gasteiger partial charge in [-0.2, -0.15) is 0 Å². The molecule has 4 bridgehead atoms. The Morgan fingerprint density at radius 2 is 1.71 bits per heavy atom. The van der Waals surface area contributed by atoms with Crippen molar-refractivity contribution in [1.82, 2.24) is 10.2 Å². The first kappa shape index (κ1) is 20.1. The maximum atomic E-state index is 13.6. The lowest BCUT2D eigenvalue weighted by Gasteiger charge is -2.55. The summed E-state index contributed by atoms with van der Waals surface area (Å²) in [5.41, 5.74) is 4.23. The summed E-state index contributed by atoms with van der Waals surface area (Å²) < 4.78 is 0. The maximum Gasteiger partial charge on any atom is 0.226 e. The highest BCUT2D eigenvalue weighted by atomic mass is 16.2. The molecule has 4 heteroatoms. The molecule has 4 saturated carbocycles. The van der Waals surface area contributed by atoms with Crippen molar-refractivity contribution in [3.8, 4) is 0 Å².